The van der Waals surface area contributed by atoms with Gasteiger partial charge in [-0.15, -0.1) is 0 Å². The molecule has 0 amide bonds. The Morgan fingerprint density at radius 3 is 2.85 bits per heavy atom. The van der Waals surface area contributed by atoms with Gasteiger partial charge < -0.3 is 9.88 Å². The SMILES string of the molecule is CC(Nc1cccc(Cl)c1-n1ccnc1)C1CCCC1. The maximum Gasteiger partial charge on any atom is 0.0992 e. The lowest BCUT2D eigenvalue weighted by Gasteiger charge is -2.23. The average molecular weight is 290 g/mol. The number of nitrogens with one attached hydrogen (secondary N) is 1. The third kappa shape index (κ3) is 2.68. The Morgan fingerprint density at radius 1 is 1.35 bits per heavy atom. The van der Waals surface area contributed by atoms with Crippen molar-refractivity contribution in [2.24, 2.45) is 5.92 Å². The zero-order valence-corrected chi connectivity index (χ0v) is 12.5. The summed E-state index contributed by atoms with van der Waals surface area (Å²) in [5.74, 6) is 0.768. The van der Waals surface area contributed by atoms with Gasteiger partial charge >= 0.3 is 0 Å². The van der Waals surface area contributed by atoms with Gasteiger partial charge in [0.05, 0.1) is 22.7 Å². The van der Waals surface area contributed by atoms with E-state index in [0.29, 0.717) is 6.04 Å². The lowest BCUT2D eigenvalue weighted by atomic mass is 9.99. The Labute approximate surface area is 125 Å². The van der Waals surface area contributed by atoms with E-state index in [2.05, 4.69) is 23.3 Å². The maximum atomic E-state index is 6.38. The summed E-state index contributed by atoms with van der Waals surface area (Å²) < 4.78 is 1.96. The quantitative estimate of drug-likeness (QED) is 0.897. The van der Waals surface area contributed by atoms with E-state index >= 15 is 0 Å². The smallest absolute Gasteiger partial charge is 0.0992 e. The Morgan fingerprint density at radius 2 is 2.15 bits per heavy atom. The molecule has 1 aliphatic rings. The first-order chi connectivity index (χ1) is 9.75. The van der Waals surface area contributed by atoms with Crippen LogP contribution in [-0.4, -0.2) is 15.6 Å². The second-order valence-corrected chi connectivity index (χ2v) is 5.99. The van der Waals surface area contributed by atoms with Gasteiger partial charge in [-0.3, -0.25) is 0 Å². The highest BCUT2D eigenvalue weighted by Gasteiger charge is 2.22. The summed E-state index contributed by atoms with van der Waals surface area (Å²) in [4.78, 5) is 4.11. The van der Waals surface area contributed by atoms with Gasteiger partial charge in [0, 0.05) is 18.4 Å². The van der Waals surface area contributed by atoms with Gasteiger partial charge in [0.15, 0.2) is 0 Å². The second kappa shape index (κ2) is 5.88. The number of anilines is 1. The van der Waals surface area contributed by atoms with Crippen LogP contribution in [0.3, 0.4) is 0 Å². The molecule has 1 aromatic heterocycles. The summed E-state index contributed by atoms with van der Waals surface area (Å²) in [5.41, 5.74) is 2.06. The summed E-state index contributed by atoms with van der Waals surface area (Å²) in [6.07, 6.45) is 10.9. The fourth-order valence-corrected chi connectivity index (χ4v) is 3.38. The number of rotatable bonds is 4. The Bertz CT molecular complexity index is 559. The Kier molecular flexibility index (Phi) is 3.97. The predicted octanol–water partition coefficient (Wildman–Crippen LogP) is 4.52. The minimum atomic E-state index is 0.471. The molecule has 0 spiro atoms. The first kappa shape index (κ1) is 13.5. The fraction of sp³-hybridized carbons (Fsp3) is 0.438. The molecule has 0 radical (unpaired) electrons. The molecule has 1 aliphatic carbocycles. The second-order valence-electron chi connectivity index (χ2n) is 5.58. The molecule has 1 N–H and O–H groups in total. The third-order valence-electron chi connectivity index (χ3n) is 4.24. The van der Waals surface area contributed by atoms with Gasteiger partial charge in [0.25, 0.3) is 0 Å². The summed E-state index contributed by atoms with van der Waals surface area (Å²) in [6, 6.07) is 6.47. The standard InChI is InChI=1S/C16H20ClN3/c1-12(13-5-2-3-6-13)19-15-8-4-7-14(17)16(15)20-10-9-18-11-20/h4,7-13,19H,2-3,5-6H2,1H3. The van der Waals surface area contributed by atoms with E-state index in [1.807, 2.05) is 22.9 Å². The molecule has 1 heterocycles. The topological polar surface area (TPSA) is 29.9 Å². The summed E-state index contributed by atoms with van der Waals surface area (Å²) in [7, 11) is 0. The fourth-order valence-electron chi connectivity index (χ4n) is 3.11. The normalized spacial score (nSPS) is 17.3. The molecule has 0 saturated heterocycles. The van der Waals surface area contributed by atoms with E-state index in [4.69, 9.17) is 11.6 Å². The van der Waals surface area contributed by atoms with Crippen molar-refractivity contribution in [3.63, 3.8) is 0 Å². The summed E-state index contributed by atoms with van der Waals surface area (Å²) >= 11 is 6.38. The number of hydrogen-bond acceptors (Lipinski definition) is 2. The molecule has 0 aliphatic heterocycles. The molecule has 20 heavy (non-hydrogen) atoms. The van der Waals surface area contributed by atoms with Crippen LogP contribution >= 0.6 is 11.6 Å². The number of aromatic nitrogens is 2. The number of halogens is 1. The highest BCUT2D eigenvalue weighted by Crippen LogP contribution is 2.33. The summed E-state index contributed by atoms with van der Waals surface area (Å²) in [5, 5.41) is 4.39. The van der Waals surface area contributed by atoms with Crippen molar-refractivity contribution in [1.29, 1.82) is 0 Å². The van der Waals surface area contributed by atoms with Crippen LogP contribution in [0.15, 0.2) is 36.9 Å². The van der Waals surface area contributed by atoms with Crippen molar-refractivity contribution < 1.29 is 0 Å². The molecule has 0 bridgehead atoms. The van der Waals surface area contributed by atoms with Crippen molar-refractivity contribution in [2.75, 3.05) is 5.32 Å². The highest BCUT2D eigenvalue weighted by atomic mass is 35.5. The van der Waals surface area contributed by atoms with E-state index in [9.17, 15) is 0 Å². The van der Waals surface area contributed by atoms with Crippen molar-refractivity contribution in [3.8, 4) is 5.69 Å². The molecule has 3 rings (SSSR count). The van der Waals surface area contributed by atoms with Gasteiger partial charge in [-0.25, -0.2) is 4.98 Å². The van der Waals surface area contributed by atoms with Crippen LogP contribution < -0.4 is 5.32 Å². The zero-order valence-electron chi connectivity index (χ0n) is 11.7. The van der Waals surface area contributed by atoms with Crippen LogP contribution in [0, 0.1) is 5.92 Å². The first-order valence-corrected chi connectivity index (χ1v) is 7.67. The van der Waals surface area contributed by atoms with E-state index in [-0.39, 0.29) is 0 Å². The molecule has 2 aromatic rings. The number of nitrogens with zero attached hydrogens (tertiary/aromatic N) is 2. The molecule has 1 saturated carbocycles. The van der Waals surface area contributed by atoms with Gasteiger partial charge in [0.1, 0.15) is 0 Å². The maximum absolute atomic E-state index is 6.38. The monoisotopic (exact) mass is 289 g/mol. The summed E-state index contributed by atoms with van der Waals surface area (Å²) in [6.45, 7) is 2.27. The lowest BCUT2D eigenvalue weighted by molar-refractivity contribution is 0.482. The molecule has 1 fully saturated rings. The first-order valence-electron chi connectivity index (χ1n) is 7.29. The van der Waals surface area contributed by atoms with Crippen LogP contribution in [0.5, 0.6) is 0 Å². The van der Waals surface area contributed by atoms with Crippen LogP contribution in [-0.2, 0) is 0 Å². The minimum absolute atomic E-state index is 0.471. The number of para-hydroxylation sites is 1. The zero-order chi connectivity index (χ0) is 13.9. The molecular weight excluding hydrogens is 270 g/mol. The molecule has 1 atom stereocenters. The molecule has 3 nitrogen and oxygen atoms in total. The third-order valence-corrected chi connectivity index (χ3v) is 4.54. The van der Waals surface area contributed by atoms with Gasteiger partial charge in [-0.05, 0) is 37.8 Å². The van der Waals surface area contributed by atoms with Crippen molar-refractivity contribution in [1.82, 2.24) is 9.55 Å². The molecule has 1 unspecified atom stereocenters. The van der Waals surface area contributed by atoms with Crippen molar-refractivity contribution in [3.05, 3.63) is 41.9 Å². The van der Waals surface area contributed by atoms with Crippen molar-refractivity contribution in [2.45, 2.75) is 38.6 Å². The van der Waals surface area contributed by atoms with Gasteiger partial charge in [-0.1, -0.05) is 30.5 Å². The molecule has 1 aromatic carbocycles. The largest absolute Gasteiger partial charge is 0.381 e. The lowest BCUT2D eigenvalue weighted by Crippen LogP contribution is -2.24. The number of imidazole rings is 1. The highest BCUT2D eigenvalue weighted by molar-refractivity contribution is 6.33. The average Bonchev–Trinajstić information content (AvgIpc) is 3.12. The van der Waals surface area contributed by atoms with Crippen molar-refractivity contribution >= 4 is 17.3 Å². The Balaban J connectivity index is 1.87. The molecular formula is C16H20ClN3. The van der Waals surface area contributed by atoms with E-state index in [0.717, 1.165) is 22.3 Å². The minimum Gasteiger partial charge on any atom is -0.381 e. The van der Waals surface area contributed by atoms with E-state index in [1.54, 1.807) is 12.5 Å². The predicted molar refractivity (Wildman–Crippen MR) is 83.6 cm³/mol. The van der Waals surface area contributed by atoms with Crippen LogP contribution in [0.25, 0.3) is 5.69 Å². The number of benzene rings is 1. The van der Waals surface area contributed by atoms with E-state index in [1.165, 1.54) is 25.7 Å². The number of hydrogen-bond donors (Lipinski definition) is 1. The molecule has 106 valence electrons. The van der Waals surface area contributed by atoms with Gasteiger partial charge in [-0.2, -0.15) is 0 Å². The Hall–Kier alpha value is -1.48. The van der Waals surface area contributed by atoms with Crippen LogP contribution in [0.4, 0.5) is 5.69 Å². The van der Waals surface area contributed by atoms with Crippen LogP contribution in [0.1, 0.15) is 32.6 Å². The van der Waals surface area contributed by atoms with Gasteiger partial charge in [0.2, 0.25) is 0 Å². The van der Waals surface area contributed by atoms with E-state index < -0.39 is 0 Å². The molecule has 4 heteroatoms. The van der Waals surface area contributed by atoms with Crippen LogP contribution in [0.2, 0.25) is 5.02 Å².